The molecule has 1 aromatic heterocycles. The molecule has 0 amide bonds. The Kier molecular flexibility index (Phi) is 3.22. The summed E-state index contributed by atoms with van der Waals surface area (Å²) in [5, 5.41) is 0. The molecule has 1 aliphatic rings. The van der Waals surface area contributed by atoms with Crippen LogP contribution in [-0.2, 0) is 0 Å². The van der Waals surface area contributed by atoms with Crippen LogP contribution in [0.5, 0.6) is 0 Å². The van der Waals surface area contributed by atoms with Gasteiger partial charge in [-0.1, -0.05) is 0 Å². The summed E-state index contributed by atoms with van der Waals surface area (Å²) in [4.78, 5) is 6.01. The third kappa shape index (κ3) is 2.23. The molecule has 3 nitrogen and oxygen atoms in total. The first-order valence-electron chi connectivity index (χ1n) is 5.42. The Bertz CT molecular complexity index is 357. The molecule has 0 radical (unpaired) electrons. The molecular formula is C11H15F2N3. The Labute approximate surface area is 93.3 Å². The Morgan fingerprint density at radius 1 is 1.50 bits per heavy atom. The first-order valence-corrected chi connectivity index (χ1v) is 5.42. The first kappa shape index (κ1) is 11.1. The standard InChI is InChI=1S/C11H15F2N3/c12-10(13)8-3-2-6-16(7-8)11-9(14)4-1-5-15-11/h1,4-5,8,10H,2-3,6-7,14H2/t8-/m1/s1. The van der Waals surface area contributed by atoms with Gasteiger partial charge in [0.25, 0.3) is 0 Å². The smallest absolute Gasteiger partial charge is 0.243 e. The van der Waals surface area contributed by atoms with Crippen molar-refractivity contribution in [2.75, 3.05) is 23.7 Å². The summed E-state index contributed by atoms with van der Waals surface area (Å²) >= 11 is 0. The second-order valence-electron chi connectivity index (χ2n) is 4.10. The van der Waals surface area contributed by atoms with Gasteiger partial charge < -0.3 is 10.6 Å². The summed E-state index contributed by atoms with van der Waals surface area (Å²) in [6.07, 6.45) is 0.733. The molecule has 0 unspecified atom stereocenters. The van der Waals surface area contributed by atoms with Crippen LogP contribution in [0.2, 0.25) is 0 Å². The molecule has 5 heteroatoms. The van der Waals surface area contributed by atoms with Crippen molar-refractivity contribution >= 4 is 11.5 Å². The van der Waals surface area contributed by atoms with Crippen molar-refractivity contribution in [3.8, 4) is 0 Å². The summed E-state index contributed by atoms with van der Waals surface area (Å²) in [5.74, 6) is 0.0722. The molecule has 0 aliphatic carbocycles. The van der Waals surface area contributed by atoms with Gasteiger partial charge in [0.05, 0.1) is 5.69 Å². The number of halogens is 2. The van der Waals surface area contributed by atoms with Gasteiger partial charge in [-0.2, -0.15) is 0 Å². The second kappa shape index (κ2) is 4.63. The highest BCUT2D eigenvalue weighted by molar-refractivity contribution is 5.62. The maximum atomic E-state index is 12.6. The van der Waals surface area contributed by atoms with Crippen LogP contribution in [0, 0.1) is 5.92 Å². The number of alkyl halides is 2. The molecule has 2 N–H and O–H groups in total. The van der Waals surface area contributed by atoms with Crippen molar-refractivity contribution in [1.29, 1.82) is 0 Å². The van der Waals surface area contributed by atoms with E-state index in [1.54, 1.807) is 18.3 Å². The number of piperidine rings is 1. The SMILES string of the molecule is Nc1cccnc1N1CCC[C@@H](C(F)F)C1. The lowest BCUT2D eigenvalue weighted by Crippen LogP contribution is -2.39. The quantitative estimate of drug-likeness (QED) is 0.841. The number of nitrogen functional groups attached to an aromatic ring is 1. The molecule has 1 saturated heterocycles. The molecule has 1 fully saturated rings. The minimum Gasteiger partial charge on any atom is -0.396 e. The maximum absolute atomic E-state index is 12.6. The minimum absolute atomic E-state index is 0.346. The second-order valence-corrected chi connectivity index (χ2v) is 4.10. The van der Waals surface area contributed by atoms with Gasteiger partial charge in [-0.15, -0.1) is 0 Å². The number of aromatic nitrogens is 1. The van der Waals surface area contributed by atoms with E-state index in [1.165, 1.54) is 0 Å². The zero-order chi connectivity index (χ0) is 11.5. The Hall–Kier alpha value is -1.39. The third-order valence-electron chi connectivity index (χ3n) is 2.93. The number of rotatable bonds is 2. The van der Waals surface area contributed by atoms with Crippen molar-refractivity contribution in [1.82, 2.24) is 4.98 Å². The fourth-order valence-corrected chi connectivity index (χ4v) is 2.08. The number of nitrogens with two attached hydrogens (primary N) is 1. The molecular weight excluding hydrogens is 212 g/mol. The van der Waals surface area contributed by atoms with E-state index in [0.717, 1.165) is 13.0 Å². The van der Waals surface area contributed by atoms with Crippen LogP contribution in [0.15, 0.2) is 18.3 Å². The number of hydrogen-bond donors (Lipinski definition) is 1. The minimum atomic E-state index is -2.26. The monoisotopic (exact) mass is 227 g/mol. The van der Waals surface area contributed by atoms with Gasteiger partial charge >= 0.3 is 0 Å². The van der Waals surface area contributed by atoms with E-state index in [9.17, 15) is 8.78 Å². The van der Waals surface area contributed by atoms with Crippen LogP contribution in [0.25, 0.3) is 0 Å². The van der Waals surface area contributed by atoms with E-state index < -0.39 is 12.3 Å². The molecule has 1 aromatic rings. The van der Waals surface area contributed by atoms with Gasteiger partial charge in [-0.25, -0.2) is 13.8 Å². The average molecular weight is 227 g/mol. The van der Waals surface area contributed by atoms with Crippen molar-refractivity contribution in [2.45, 2.75) is 19.3 Å². The maximum Gasteiger partial charge on any atom is 0.243 e. The highest BCUT2D eigenvalue weighted by Gasteiger charge is 2.28. The van der Waals surface area contributed by atoms with Crippen LogP contribution < -0.4 is 10.6 Å². The van der Waals surface area contributed by atoms with Gasteiger partial charge in [0, 0.05) is 25.2 Å². The van der Waals surface area contributed by atoms with Crippen LogP contribution >= 0.6 is 0 Å². The van der Waals surface area contributed by atoms with Crippen molar-refractivity contribution in [2.24, 2.45) is 5.92 Å². The van der Waals surface area contributed by atoms with Crippen LogP contribution in [0.4, 0.5) is 20.3 Å². The Morgan fingerprint density at radius 2 is 2.31 bits per heavy atom. The van der Waals surface area contributed by atoms with Gasteiger partial charge in [0.15, 0.2) is 5.82 Å². The molecule has 0 spiro atoms. The van der Waals surface area contributed by atoms with Gasteiger partial charge in [0.2, 0.25) is 6.43 Å². The van der Waals surface area contributed by atoms with E-state index in [0.29, 0.717) is 24.5 Å². The van der Waals surface area contributed by atoms with E-state index in [4.69, 9.17) is 5.73 Å². The van der Waals surface area contributed by atoms with Crippen LogP contribution in [0.1, 0.15) is 12.8 Å². The lowest BCUT2D eigenvalue weighted by Gasteiger charge is -2.33. The van der Waals surface area contributed by atoms with Crippen molar-refractivity contribution in [3.63, 3.8) is 0 Å². The number of hydrogen-bond acceptors (Lipinski definition) is 3. The summed E-state index contributed by atoms with van der Waals surface area (Å²) in [7, 11) is 0. The fourth-order valence-electron chi connectivity index (χ4n) is 2.08. The van der Waals surface area contributed by atoms with E-state index >= 15 is 0 Å². The molecule has 0 saturated carbocycles. The fraction of sp³-hybridized carbons (Fsp3) is 0.545. The topological polar surface area (TPSA) is 42.1 Å². The average Bonchev–Trinajstić information content (AvgIpc) is 2.30. The Balaban J connectivity index is 2.13. The van der Waals surface area contributed by atoms with Gasteiger partial charge in [0.1, 0.15) is 0 Å². The van der Waals surface area contributed by atoms with E-state index in [1.807, 2.05) is 4.90 Å². The lowest BCUT2D eigenvalue weighted by molar-refractivity contribution is 0.0686. The zero-order valence-electron chi connectivity index (χ0n) is 8.94. The van der Waals surface area contributed by atoms with Crippen LogP contribution in [-0.4, -0.2) is 24.5 Å². The molecule has 2 heterocycles. The lowest BCUT2D eigenvalue weighted by atomic mass is 9.98. The number of anilines is 2. The van der Waals surface area contributed by atoms with Gasteiger partial charge in [-0.3, -0.25) is 0 Å². The number of nitrogens with zero attached hydrogens (tertiary/aromatic N) is 2. The van der Waals surface area contributed by atoms with Crippen molar-refractivity contribution in [3.05, 3.63) is 18.3 Å². The first-order chi connectivity index (χ1) is 7.68. The van der Waals surface area contributed by atoms with Gasteiger partial charge in [-0.05, 0) is 25.0 Å². The predicted molar refractivity (Wildman–Crippen MR) is 59.6 cm³/mol. The molecule has 1 aliphatic heterocycles. The van der Waals surface area contributed by atoms with Crippen molar-refractivity contribution < 1.29 is 8.78 Å². The van der Waals surface area contributed by atoms with E-state index in [2.05, 4.69) is 4.98 Å². The number of pyridine rings is 1. The molecule has 16 heavy (non-hydrogen) atoms. The largest absolute Gasteiger partial charge is 0.396 e. The normalized spacial score (nSPS) is 21.4. The third-order valence-corrected chi connectivity index (χ3v) is 2.93. The van der Waals surface area contributed by atoms with E-state index in [-0.39, 0.29) is 0 Å². The molecule has 1 atom stereocenters. The highest BCUT2D eigenvalue weighted by Crippen LogP contribution is 2.28. The molecule has 2 rings (SSSR count). The summed E-state index contributed by atoms with van der Waals surface area (Å²) in [5.41, 5.74) is 6.33. The Morgan fingerprint density at radius 3 is 3.00 bits per heavy atom. The highest BCUT2D eigenvalue weighted by atomic mass is 19.3. The molecule has 0 aromatic carbocycles. The summed E-state index contributed by atoms with van der Waals surface area (Å²) in [6, 6.07) is 3.49. The molecule has 88 valence electrons. The predicted octanol–water partition coefficient (Wildman–Crippen LogP) is 2.15. The summed E-state index contributed by atoms with van der Waals surface area (Å²) in [6.45, 7) is 1.10. The molecule has 0 bridgehead atoms. The van der Waals surface area contributed by atoms with Crippen LogP contribution in [0.3, 0.4) is 0 Å². The zero-order valence-corrected chi connectivity index (χ0v) is 8.94. The summed E-state index contributed by atoms with van der Waals surface area (Å²) < 4.78 is 25.3.